The summed E-state index contributed by atoms with van der Waals surface area (Å²) in [5.41, 5.74) is 6.00. The number of H-pyrrole nitrogens is 1. The van der Waals surface area contributed by atoms with Gasteiger partial charge in [-0.05, 0) is 0 Å². The molecule has 0 bridgehead atoms. The Bertz CT molecular complexity index is 237. The van der Waals surface area contributed by atoms with Gasteiger partial charge in [0.1, 0.15) is 6.04 Å². The second kappa shape index (κ2) is 5.02. The molecule has 0 aliphatic rings. The Morgan fingerprint density at radius 2 is 2.50 bits per heavy atom. The van der Waals surface area contributed by atoms with Crippen LogP contribution in [-0.2, 0) is 11.2 Å². The van der Waals surface area contributed by atoms with Gasteiger partial charge in [0, 0.05) is 38.1 Å². The second-order valence-electron chi connectivity index (χ2n) is 2.23. The first-order chi connectivity index (χ1) is 5.20. The van der Waals surface area contributed by atoms with E-state index < -0.39 is 12.0 Å². The summed E-state index contributed by atoms with van der Waals surface area (Å²) in [6, 6.07) is -0.851. The van der Waals surface area contributed by atoms with Crippen molar-refractivity contribution in [3.63, 3.8) is 0 Å². The second-order valence-corrected chi connectivity index (χ2v) is 2.23. The predicted molar refractivity (Wildman–Crippen MR) is 43.7 cm³/mol. The third-order valence-electron chi connectivity index (χ3n) is 1.31. The molecule has 1 aromatic rings. The Hall–Kier alpha value is -0.724. The molecule has 5 nitrogen and oxygen atoms in total. The molecule has 12 heavy (non-hydrogen) atoms. The fourth-order valence-corrected chi connectivity index (χ4v) is 0.721. The SMILES string of the molecule is NC(Cc1cnc[nH]1)C(=O)O.[Ga]. The fraction of sp³-hybridized carbons (Fsp3) is 0.333. The van der Waals surface area contributed by atoms with E-state index in [9.17, 15) is 4.79 Å². The molecule has 0 aromatic carbocycles. The zero-order valence-electron chi connectivity index (χ0n) is 6.40. The zero-order valence-corrected chi connectivity index (χ0v) is 8.82. The Labute approximate surface area is 82.4 Å². The zero-order chi connectivity index (χ0) is 8.27. The van der Waals surface area contributed by atoms with Gasteiger partial charge in [-0.1, -0.05) is 0 Å². The van der Waals surface area contributed by atoms with Crippen LogP contribution >= 0.6 is 0 Å². The first-order valence-electron chi connectivity index (χ1n) is 3.16. The van der Waals surface area contributed by atoms with E-state index in [2.05, 4.69) is 9.97 Å². The van der Waals surface area contributed by atoms with Crippen LogP contribution in [0.5, 0.6) is 0 Å². The van der Waals surface area contributed by atoms with Crippen LogP contribution in [0.4, 0.5) is 0 Å². The minimum absolute atomic E-state index is 0. The number of carbonyl (C=O) groups is 1. The van der Waals surface area contributed by atoms with Gasteiger partial charge < -0.3 is 15.8 Å². The van der Waals surface area contributed by atoms with Crippen LogP contribution in [0.15, 0.2) is 12.5 Å². The van der Waals surface area contributed by atoms with Crippen LogP contribution < -0.4 is 5.73 Å². The van der Waals surface area contributed by atoms with Gasteiger partial charge in [-0.3, -0.25) is 4.79 Å². The quantitative estimate of drug-likeness (QED) is 0.574. The van der Waals surface area contributed by atoms with Crippen molar-refractivity contribution in [1.29, 1.82) is 0 Å². The van der Waals surface area contributed by atoms with Crippen molar-refractivity contribution in [2.75, 3.05) is 0 Å². The molecule has 0 spiro atoms. The average Bonchev–Trinajstić information content (AvgIpc) is 2.39. The van der Waals surface area contributed by atoms with Gasteiger partial charge in [0.05, 0.1) is 6.33 Å². The molecule has 6 heteroatoms. The van der Waals surface area contributed by atoms with E-state index in [0.29, 0.717) is 0 Å². The van der Waals surface area contributed by atoms with Crippen LogP contribution in [0.1, 0.15) is 5.69 Å². The van der Waals surface area contributed by atoms with Gasteiger partial charge in [0.25, 0.3) is 0 Å². The van der Waals surface area contributed by atoms with E-state index in [-0.39, 0.29) is 26.2 Å². The van der Waals surface area contributed by atoms with E-state index in [1.54, 1.807) is 6.20 Å². The first kappa shape index (κ1) is 11.3. The third-order valence-corrected chi connectivity index (χ3v) is 1.31. The summed E-state index contributed by atoms with van der Waals surface area (Å²) < 4.78 is 0. The van der Waals surface area contributed by atoms with Crippen molar-refractivity contribution >= 4 is 25.8 Å². The standard InChI is InChI=1S/C6H9N3O2.Ga/c7-5(6(10)11)1-4-2-8-3-9-4;/h2-3,5H,1,7H2,(H,8,9)(H,10,11);. The number of aliphatic carboxylic acids is 1. The van der Waals surface area contributed by atoms with Gasteiger partial charge in [-0.15, -0.1) is 0 Å². The van der Waals surface area contributed by atoms with Crippen molar-refractivity contribution < 1.29 is 9.90 Å². The van der Waals surface area contributed by atoms with E-state index in [1.807, 2.05) is 0 Å². The normalized spacial score (nSPS) is 11.8. The molecule has 0 aliphatic heterocycles. The number of nitrogens with one attached hydrogen (secondary N) is 1. The maximum atomic E-state index is 10.3. The molecule has 0 saturated heterocycles. The molecule has 0 amide bonds. The summed E-state index contributed by atoms with van der Waals surface area (Å²) in [5, 5.41) is 8.42. The predicted octanol–water partition coefficient (Wildman–Crippen LogP) is -1.02. The third kappa shape index (κ3) is 3.12. The molecule has 4 N–H and O–H groups in total. The number of carboxylic acids is 1. The minimum atomic E-state index is -1.00. The molecule has 0 saturated carbocycles. The van der Waals surface area contributed by atoms with E-state index in [1.165, 1.54) is 6.33 Å². The number of nitrogens with two attached hydrogens (primary N) is 1. The average molecular weight is 225 g/mol. The number of hydrogen-bond donors (Lipinski definition) is 3. The van der Waals surface area contributed by atoms with Gasteiger partial charge in [0.2, 0.25) is 0 Å². The summed E-state index contributed by atoms with van der Waals surface area (Å²) in [7, 11) is 0. The molecular weight excluding hydrogens is 216 g/mol. The van der Waals surface area contributed by atoms with Crippen LogP contribution in [0.25, 0.3) is 0 Å². The Balaban J connectivity index is 0.00000121. The summed E-state index contributed by atoms with van der Waals surface area (Å²) in [6.07, 6.45) is 3.34. The number of carboxylic acid groups (broad SMARTS) is 1. The molecule has 63 valence electrons. The molecule has 1 heterocycles. The van der Waals surface area contributed by atoms with Crippen molar-refractivity contribution in [1.82, 2.24) is 9.97 Å². The fourth-order valence-electron chi connectivity index (χ4n) is 0.721. The van der Waals surface area contributed by atoms with Gasteiger partial charge in [-0.25, -0.2) is 4.98 Å². The topological polar surface area (TPSA) is 92.0 Å². The van der Waals surface area contributed by atoms with Gasteiger partial charge in [-0.2, -0.15) is 0 Å². The number of rotatable bonds is 3. The smallest absolute Gasteiger partial charge is 0.320 e. The van der Waals surface area contributed by atoms with E-state index in [4.69, 9.17) is 10.8 Å². The number of imidazole rings is 1. The first-order valence-corrected chi connectivity index (χ1v) is 3.16. The molecule has 1 unspecified atom stereocenters. The molecule has 0 aliphatic carbocycles. The van der Waals surface area contributed by atoms with Crippen molar-refractivity contribution in [2.24, 2.45) is 5.73 Å². The summed E-state index contributed by atoms with van der Waals surface area (Å²) in [4.78, 5) is 16.8. The van der Waals surface area contributed by atoms with Crippen LogP contribution in [0.3, 0.4) is 0 Å². The van der Waals surface area contributed by atoms with Crippen molar-refractivity contribution in [3.05, 3.63) is 18.2 Å². The minimum Gasteiger partial charge on any atom is -0.480 e. The molecule has 3 radical (unpaired) electrons. The van der Waals surface area contributed by atoms with Gasteiger partial charge in [0.15, 0.2) is 0 Å². The Morgan fingerprint density at radius 3 is 2.92 bits per heavy atom. The molecule has 1 aromatic heterocycles. The summed E-state index contributed by atoms with van der Waals surface area (Å²) in [5.74, 6) is -1.00. The van der Waals surface area contributed by atoms with Crippen LogP contribution in [0.2, 0.25) is 0 Å². The number of nitrogens with zero attached hydrogens (tertiary/aromatic N) is 1. The number of aromatic nitrogens is 2. The Kier molecular flexibility index (Phi) is 4.71. The molecule has 1 rings (SSSR count). The van der Waals surface area contributed by atoms with E-state index >= 15 is 0 Å². The maximum Gasteiger partial charge on any atom is 0.320 e. The van der Waals surface area contributed by atoms with Gasteiger partial charge >= 0.3 is 5.97 Å². The largest absolute Gasteiger partial charge is 0.480 e. The molecular formula is C6H9GaN3O2. The van der Waals surface area contributed by atoms with Crippen molar-refractivity contribution in [3.8, 4) is 0 Å². The molecule has 0 fully saturated rings. The van der Waals surface area contributed by atoms with E-state index in [0.717, 1.165) is 5.69 Å². The summed E-state index contributed by atoms with van der Waals surface area (Å²) >= 11 is 0. The summed E-state index contributed by atoms with van der Waals surface area (Å²) in [6.45, 7) is 0. The van der Waals surface area contributed by atoms with Crippen LogP contribution in [-0.4, -0.2) is 46.9 Å². The monoisotopic (exact) mass is 224 g/mol. The number of aromatic amines is 1. The molecule has 1 atom stereocenters. The van der Waals surface area contributed by atoms with Crippen molar-refractivity contribution in [2.45, 2.75) is 12.5 Å². The van der Waals surface area contributed by atoms with Crippen LogP contribution in [0, 0.1) is 0 Å². The maximum absolute atomic E-state index is 10.3. The Morgan fingerprint density at radius 1 is 1.83 bits per heavy atom. The number of hydrogen-bond acceptors (Lipinski definition) is 3.